The van der Waals surface area contributed by atoms with Crippen molar-refractivity contribution in [1.82, 2.24) is 4.98 Å². The highest BCUT2D eigenvalue weighted by atomic mass is 19.4. The van der Waals surface area contributed by atoms with Crippen molar-refractivity contribution in [2.24, 2.45) is 0 Å². The maximum atomic E-state index is 13.1. The number of aromatic amines is 1. The number of nitro benzene ring substituents is 1. The molecular weight excluding hydrogens is 399 g/mol. The van der Waals surface area contributed by atoms with E-state index in [1.54, 1.807) is 6.07 Å². The van der Waals surface area contributed by atoms with Crippen LogP contribution in [0, 0.1) is 10.1 Å². The minimum absolute atomic E-state index is 0.00298. The van der Waals surface area contributed by atoms with Crippen molar-refractivity contribution in [3.8, 4) is 0 Å². The zero-order valence-electron chi connectivity index (χ0n) is 15.8. The average molecular weight is 417 g/mol. The van der Waals surface area contributed by atoms with Gasteiger partial charge in [-0.2, -0.15) is 13.2 Å². The summed E-state index contributed by atoms with van der Waals surface area (Å²) >= 11 is 0. The molecule has 1 N–H and O–H groups in total. The van der Waals surface area contributed by atoms with Crippen LogP contribution in [0.15, 0.2) is 42.5 Å². The second kappa shape index (κ2) is 7.47. The quantitative estimate of drug-likeness (QED) is 0.354. The summed E-state index contributed by atoms with van der Waals surface area (Å²) in [6.45, 7) is 1.61. The maximum absolute atomic E-state index is 13.1. The largest absolute Gasteiger partial charge is 0.416 e. The van der Waals surface area contributed by atoms with Gasteiger partial charge in [0.1, 0.15) is 5.56 Å². The molecule has 0 saturated carbocycles. The van der Waals surface area contributed by atoms with E-state index in [1.165, 1.54) is 24.3 Å². The van der Waals surface area contributed by atoms with Gasteiger partial charge in [0, 0.05) is 35.7 Å². The van der Waals surface area contributed by atoms with Crippen molar-refractivity contribution >= 4 is 28.1 Å². The van der Waals surface area contributed by atoms with Gasteiger partial charge >= 0.3 is 6.18 Å². The molecule has 0 amide bonds. The number of halogens is 3. The zero-order valence-corrected chi connectivity index (χ0v) is 15.8. The topological polar surface area (TPSA) is 79.2 Å². The van der Waals surface area contributed by atoms with Crippen LogP contribution in [0.5, 0.6) is 0 Å². The van der Waals surface area contributed by atoms with E-state index in [9.17, 15) is 28.1 Å². The fourth-order valence-electron chi connectivity index (χ4n) is 3.78. The Labute approximate surface area is 169 Å². The Morgan fingerprint density at radius 2 is 1.77 bits per heavy atom. The van der Waals surface area contributed by atoms with Gasteiger partial charge in [-0.25, -0.2) is 0 Å². The van der Waals surface area contributed by atoms with Crippen LogP contribution in [-0.2, 0) is 6.18 Å². The molecule has 0 bridgehead atoms. The van der Waals surface area contributed by atoms with Crippen LogP contribution in [0.2, 0.25) is 0 Å². The molecule has 0 aliphatic carbocycles. The van der Waals surface area contributed by atoms with Gasteiger partial charge in [0.05, 0.1) is 16.2 Å². The number of benzene rings is 2. The highest BCUT2D eigenvalue weighted by Gasteiger charge is 2.31. The average Bonchev–Trinajstić information content (AvgIpc) is 3.16. The van der Waals surface area contributed by atoms with E-state index in [2.05, 4.69) is 9.88 Å². The summed E-state index contributed by atoms with van der Waals surface area (Å²) in [5.74, 6) is -0.634. The first-order valence-electron chi connectivity index (χ1n) is 9.52. The van der Waals surface area contributed by atoms with E-state index >= 15 is 0 Å². The van der Waals surface area contributed by atoms with E-state index < -0.39 is 22.4 Å². The van der Waals surface area contributed by atoms with Crippen LogP contribution in [0.1, 0.15) is 40.9 Å². The standard InChI is InChI=1S/C21H18F3N3O3/c22-21(23,24)14-5-4-13-10-18(25-17(13)11-14)20(28)16-12-15(6-7-19(16)27(29)30)26-8-2-1-3-9-26/h4-7,10-12,25H,1-3,8-9H2. The number of aromatic nitrogens is 1. The molecule has 9 heteroatoms. The molecule has 3 aromatic rings. The van der Waals surface area contributed by atoms with Crippen molar-refractivity contribution in [2.75, 3.05) is 18.0 Å². The number of carbonyl (C=O) groups excluding carboxylic acids is 1. The van der Waals surface area contributed by atoms with Crippen molar-refractivity contribution in [3.63, 3.8) is 0 Å². The van der Waals surface area contributed by atoms with Crippen LogP contribution in [0.4, 0.5) is 24.5 Å². The number of carbonyl (C=O) groups is 1. The Morgan fingerprint density at radius 3 is 2.43 bits per heavy atom. The molecule has 2 heterocycles. The molecule has 2 aromatic carbocycles. The van der Waals surface area contributed by atoms with Crippen molar-refractivity contribution in [1.29, 1.82) is 0 Å². The van der Waals surface area contributed by atoms with Gasteiger partial charge < -0.3 is 9.88 Å². The minimum atomic E-state index is -4.51. The number of nitrogens with zero attached hydrogens (tertiary/aromatic N) is 2. The number of rotatable bonds is 4. The Bertz CT molecular complexity index is 1130. The van der Waals surface area contributed by atoms with Crippen LogP contribution in [0.25, 0.3) is 10.9 Å². The predicted octanol–water partition coefficient (Wildman–Crippen LogP) is 5.32. The van der Waals surface area contributed by atoms with Gasteiger partial charge in [-0.15, -0.1) is 0 Å². The number of nitrogens with one attached hydrogen (secondary N) is 1. The van der Waals surface area contributed by atoms with Crippen molar-refractivity contribution in [3.05, 3.63) is 69.4 Å². The van der Waals surface area contributed by atoms with Crippen LogP contribution in [-0.4, -0.2) is 28.8 Å². The number of nitro groups is 1. The van der Waals surface area contributed by atoms with Gasteiger partial charge in [-0.05, 0) is 49.6 Å². The van der Waals surface area contributed by atoms with Gasteiger partial charge in [0.15, 0.2) is 0 Å². The lowest BCUT2D eigenvalue weighted by atomic mass is 10.0. The van der Waals surface area contributed by atoms with E-state index in [4.69, 9.17) is 0 Å². The van der Waals surface area contributed by atoms with Gasteiger partial charge in [0.2, 0.25) is 5.78 Å². The summed E-state index contributed by atoms with van der Waals surface area (Å²) in [5, 5.41) is 11.9. The molecule has 1 aliphatic heterocycles. The predicted molar refractivity (Wildman–Crippen MR) is 106 cm³/mol. The Balaban J connectivity index is 1.75. The summed E-state index contributed by atoms with van der Waals surface area (Å²) in [7, 11) is 0. The van der Waals surface area contributed by atoms with Gasteiger partial charge in [-0.3, -0.25) is 14.9 Å². The molecule has 0 unspecified atom stereocenters. The molecule has 4 rings (SSSR count). The molecular formula is C21H18F3N3O3. The fourth-order valence-corrected chi connectivity index (χ4v) is 3.78. The Hall–Kier alpha value is -3.36. The summed E-state index contributed by atoms with van der Waals surface area (Å²) in [6, 6.07) is 8.97. The Morgan fingerprint density at radius 1 is 1.03 bits per heavy atom. The van der Waals surface area contributed by atoms with E-state index in [1.807, 2.05) is 0 Å². The highest BCUT2D eigenvalue weighted by molar-refractivity contribution is 6.12. The molecule has 1 aliphatic rings. The zero-order chi connectivity index (χ0) is 21.5. The summed E-state index contributed by atoms with van der Waals surface area (Å²) in [4.78, 5) is 28.7. The summed E-state index contributed by atoms with van der Waals surface area (Å²) in [6.07, 6.45) is -1.39. The first kappa shape index (κ1) is 19.9. The second-order valence-corrected chi connectivity index (χ2v) is 7.32. The van der Waals surface area contributed by atoms with E-state index in [0.29, 0.717) is 5.39 Å². The van der Waals surface area contributed by atoms with Crippen LogP contribution >= 0.6 is 0 Å². The number of hydrogen-bond acceptors (Lipinski definition) is 4. The van der Waals surface area contributed by atoms with Crippen molar-refractivity contribution in [2.45, 2.75) is 25.4 Å². The molecule has 0 atom stereocenters. The molecule has 1 fully saturated rings. The third-order valence-corrected chi connectivity index (χ3v) is 5.34. The number of anilines is 1. The number of alkyl halides is 3. The van der Waals surface area contributed by atoms with Crippen LogP contribution < -0.4 is 4.90 Å². The molecule has 1 saturated heterocycles. The Kier molecular flexibility index (Phi) is 4.97. The summed E-state index contributed by atoms with van der Waals surface area (Å²) < 4.78 is 38.8. The SMILES string of the molecule is O=C(c1cc2ccc(C(F)(F)F)cc2[nH]1)c1cc(N2CCCCC2)ccc1[N+](=O)[O-]. The van der Waals surface area contributed by atoms with Gasteiger partial charge in [0.25, 0.3) is 5.69 Å². The second-order valence-electron chi connectivity index (χ2n) is 7.32. The van der Waals surface area contributed by atoms with E-state index in [0.717, 1.165) is 50.2 Å². The number of piperidine rings is 1. The number of hydrogen-bond donors (Lipinski definition) is 1. The first-order valence-corrected chi connectivity index (χ1v) is 9.52. The lowest BCUT2D eigenvalue weighted by Gasteiger charge is -2.29. The van der Waals surface area contributed by atoms with Gasteiger partial charge in [-0.1, -0.05) is 6.07 Å². The minimum Gasteiger partial charge on any atom is -0.372 e. The number of ketones is 1. The molecule has 0 spiro atoms. The van der Waals surface area contributed by atoms with Crippen molar-refractivity contribution < 1.29 is 22.9 Å². The third-order valence-electron chi connectivity index (χ3n) is 5.34. The molecule has 1 aromatic heterocycles. The van der Waals surface area contributed by atoms with E-state index in [-0.39, 0.29) is 22.5 Å². The highest BCUT2D eigenvalue weighted by Crippen LogP contribution is 2.33. The molecule has 6 nitrogen and oxygen atoms in total. The maximum Gasteiger partial charge on any atom is 0.416 e. The first-order chi connectivity index (χ1) is 14.2. The number of fused-ring (bicyclic) bond motifs is 1. The lowest BCUT2D eigenvalue weighted by Crippen LogP contribution is -2.29. The number of H-pyrrole nitrogens is 1. The summed E-state index contributed by atoms with van der Waals surface area (Å²) in [5.41, 5.74) is -0.402. The van der Waals surface area contributed by atoms with Crippen LogP contribution in [0.3, 0.4) is 0 Å². The fraction of sp³-hybridized carbons (Fsp3) is 0.286. The smallest absolute Gasteiger partial charge is 0.372 e. The molecule has 156 valence electrons. The lowest BCUT2D eigenvalue weighted by molar-refractivity contribution is -0.385. The molecule has 0 radical (unpaired) electrons. The third kappa shape index (κ3) is 3.74. The monoisotopic (exact) mass is 417 g/mol. The molecule has 30 heavy (non-hydrogen) atoms. The normalized spacial score (nSPS) is 14.8.